The van der Waals surface area contributed by atoms with Gasteiger partial charge >= 0.3 is 0 Å². The molecule has 2 aromatic rings. The average molecular weight is 337 g/mol. The van der Waals surface area contributed by atoms with E-state index >= 15 is 0 Å². The van der Waals surface area contributed by atoms with E-state index in [1.165, 1.54) is 11.8 Å². The number of ketones is 1. The van der Waals surface area contributed by atoms with Crippen molar-refractivity contribution in [3.63, 3.8) is 0 Å². The first-order chi connectivity index (χ1) is 12.1. The number of ether oxygens (including phenoxy) is 2. The fourth-order valence-electron chi connectivity index (χ4n) is 3.22. The molecule has 2 aliphatic rings. The largest absolute Gasteiger partial charge is 0.503 e. The molecule has 2 aliphatic heterocycles. The lowest BCUT2D eigenvalue weighted by Crippen LogP contribution is -2.30. The molecule has 6 heteroatoms. The van der Waals surface area contributed by atoms with E-state index < -0.39 is 17.7 Å². The lowest BCUT2D eigenvalue weighted by Gasteiger charge is -2.26. The molecule has 0 bridgehead atoms. The number of rotatable bonds is 3. The number of hydrogen-bond acceptors (Lipinski definition) is 5. The topological polar surface area (TPSA) is 76.1 Å². The summed E-state index contributed by atoms with van der Waals surface area (Å²) in [7, 11) is 0. The van der Waals surface area contributed by atoms with Crippen molar-refractivity contribution in [1.82, 2.24) is 0 Å². The van der Waals surface area contributed by atoms with Crippen molar-refractivity contribution in [2.45, 2.75) is 13.0 Å². The Morgan fingerprint density at radius 2 is 1.84 bits per heavy atom. The zero-order chi connectivity index (χ0) is 17.6. The molecule has 0 unspecified atom stereocenters. The number of hydrogen-bond donors (Lipinski definition) is 1. The molecule has 0 saturated heterocycles. The number of amides is 1. The van der Waals surface area contributed by atoms with Crippen LogP contribution in [-0.4, -0.2) is 23.6 Å². The number of aliphatic hydroxyl groups is 1. The van der Waals surface area contributed by atoms with E-state index in [0.717, 1.165) is 0 Å². The van der Waals surface area contributed by atoms with Crippen LogP contribution in [-0.2, 0) is 9.59 Å². The van der Waals surface area contributed by atoms with Crippen molar-refractivity contribution >= 4 is 17.4 Å². The third-order valence-electron chi connectivity index (χ3n) is 4.33. The Hall–Kier alpha value is -3.28. The van der Waals surface area contributed by atoms with E-state index in [2.05, 4.69) is 0 Å². The maximum atomic E-state index is 12.6. The summed E-state index contributed by atoms with van der Waals surface area (Å²) >= 11 is 0. The maximum Gasteiger partial charge on any atom is 0.294 e. The SMILES string of the molecule is CC(=O)C1=C(O)C(=O)N(c2ccccc2)[C@@H]1c1ccc2c(c1)OCO2. The number of Topliss-reactive ketones (excluding diaryl/α,β-unsaturated/α-hetero) is 1. The fourth-order valence-corrected chi connectivity index (χ4v) is 3.22. The lowest BCUT2D eigenvalue weighted by molar-refractivity contribution is -0.117. The van der Waals surface area contributed by atoms with Gasteiger partial charge in [0.15, 0.2) is 23.0 Å². The van der Waals surface area contributed by atoms with E-state index in [1.54, 1.807) is 42.5 Å². The summed E-state index contributed by atoms with van der Waals surface area (Å²) in [5.41, 5.74) is 1.33. The van der Waals surface area contributed by atoms with Crippen LogP contribution < -0.4 is 14.4 Å². The highest BCUT2D eigenvalue weighted by atomic mass is 16.7. The predicted molar refractivity (Wildman–Crippen MR) is 89.6 cm³/mol. The molecular weight excluding hydrogens is 322 g/mol. The van der Waals surface area contributed by atoms with Crippen molar-refractivity contribution in [3.8, 4) is 11.5 Å². The van der Waals surface area contributed by atoms with Crippen molar-refractivity contribution < 1.29 is 24.2 Å². The van der Waals surface area contributed by atoms with Gasteiger partial charge in [-0.2, -0.15) is 0 Å². The van der Waals surface area contributed by atoms with Crippen LogP contribution in [0.15, 0.2) is 59.9 Å². The molecule has 1 atom stereocenters. The molecular formula is C19H15NO5. The second kappa shape index (κ2) is 5.66. The number of nitrogens with zero attached hydrogens (tertiary/aromatic N) is 1. The van der Waals surface area contributed by atoms with Gasteiger partial charge in [0.1, 0.15) is 0 Å². The second-order valence-electron chi connectivity index (χ2n) is 5.84. The molecule has 1 amide bonds. The van der Waals surface area contributed by atoms with Crippen LogP contribution in [0.1, 0.15) is 18.5 Å². The normalized spacial score (nSPS) is 18.8. The fraction of sp³-hybridized carbons (Fsp3) is 0.158. The Kier molecular flexibility index (Phi) is 3.46. The zero-order valence-corrected chi connectivity index (χ0v) is 13.4. The van der Waals surface area contributed by atoms with Crippen molar-refractivity contribution in [1.29, 1.82) is 0 Å². The van der Waals surface area contributed by atoms with Crippen molar-refractivity contribution in [2.24, 2.45) is 0 Å². The van der Waals surface area contributed by atoms with Gasteiger partial charge in [0.05, 0.1) is 11.6 Å². The molecule has 0 saturated carbocycles. The summed E-state index contributed by atoms with van der Waals surface area (Å²) in [5, 5.41) is 10.3. The molecule has 0 aromatic heterocycles. The average Bonchev–Trinajstić information content (AvgIpc) is 3.18. The predicted octanol–water partition coefficient (Wildman–Crippen LogP) is 2.90. The number of aliphatic hydroxyl groups excluding tert-OH is 1. The van der Waals surface area contributed by atoms with Crippen LogP contribution in [0.5, 0.6) is 11.5 Å². The van der Waals surface area contributed by atoms with Gasteiger partial charge in [-0.1, -0.05) is 24.3 Å². The van der Waals surface area contributed by atoms with Crippen LogP contribution in [0.2, 0.25) is 0 Å². The molecule has 0 spiro atoms. The molecule has 2 aromatic carbocycles. The standard InChI is InChI=1S/C19H15NO5/c1-11(21)16-17(12-7-8-14-15(9-12)25-10-24-14)20(19(23)18(16)22)13-5-3-2-4-6-13/h2-9,17,22H,10H2,1H3/t17-/m1/s1. The van der Waals surface area contributed by atoms with Gasteiger partial charge < -0.3 is 14.6 Å². The van der Waals surface area contributed by atoms with Gasteiger partial charge in [-0.3, -0.25) is 14.5 Å². The Morgan fingerprint density at radius 1 is 1.12 bits per heavy atom. The first-order valence-corrected chi connectivity index (χ1v) is 7.80. The number of carbonyl (C=O) groups excluding carboxylic acids is 2. The van der Waals surface area contributed by atoms with Crippen molar-refractivity contribution in [3.05, 3.63) is 65.4 Å². The van der Waals surface area contributed by atoms with Crippen LogP contribution in [0, 0.1) is 0 Å². The highest BCUT2D eigenvalue weighted by molar-refractivity contribution is 6.16. The Labute approximate surface area is 143 Å². The third-order valence-corrected chi connectivity index (χ3v) is 4.33. The molecule has 0 aliphatic carbocycles. The molecule has 4 rings (SSSR count). The minimum absolute atomic E-state index is 0.0766. The molecule has 6 nitrogen and oxygen atoms in total. The summed E-state index contributed by atoms with van der Waals surface area (Å²) in [5.74, 6) is -0.311. The van der Waals surface area contributed by atoms with Gasteiger partial charge in [-0.25, -0.2) is 0 Å². The number of benzene rings is 2. The summed E-state index contributed by atoms with van der Waals surface area (Å²) < 4.78 is 10.7. The van der Waals surface area contributed by atoms with Crippen molar-refractivity contribution in [2.75, 3.05) is 11.7 Å². The van der Waals surface area contributed by atoms with Gasteiger partial charge in [-0.05, 0) is 36.8 Å². The smallest absolute Gasteiger partial charge is 0.294 e. The molecule has 1 N–H and O–H groups in total. The zero-order valence-electron chi connectivity index (χ0n) is 13.4. The van der Waals surface area contributed by atoms with Gasteiger partial charge in [0.25, 0.3) is 5.91 Å². The molecule has 2 heterocycles. The number of para-hydroxylation sites is 1. The molecule has 0 fully saturated rings. The summed E-state index contributed by atoms with van der Waals surface area (Å²) in [6, 6.07) is 13.5. The third kappa shape index (κ3) is 2.34. The van der Waals surface area contributed by atoms with E-state index in [-0.39, 0.29) is 18.1 Å². The Bertz CT molecular complexity index is 903. The van der Waals surface area contributed by atoms with Crippen LogP contribution in [0.3, 0.4) is 0 Å². The van der Waals surface area contributed by atoms with E-state index in [1.807, 2.05) is 6.07 Å². The Morgan fingerprint density at radius 3 is 2.56 bits per heavy atom. The van der Waals surface area contributed by atoms with E-state index in [4.69, 9.17) is 9.47 Å². The van der Waals surface area contributed by atoms with Gasteiger partial charge in [0.2, 0.25) is 6.79 Å². The molecule has 126 valence electrons. The molecule has 25 heavy (non-hydrogen) atoms. The van der Waals surface area contributed by atoms with Gasteiger partial charge in [0, 0.05) is 5.69 Å². The quantitative estimate of drug-likeness (QED) is 0.932. The van der Waals surface area contributed by atoms with Gasteiger partial charge in [-0.15, -0.1) is 0 Å². The minimum Gasteiger partial charge on any atom is -0.503 e. The highest BCUT2D eigenvalue weighted by Gasteiger charge is 2.43. The number of carbonyl (C=O) groups is 2. The number of anilines is 1. The summed E-state index contributed by atoms with van der Waals surface area (Å²) in [4.78, 5) is 26.2. The number of fused-ring (bicyclic) bond motifs is 1. The highest BCUT2D eigenvalue weighted by Crippen LogP contribution is 2.43. The van der Waals surface area contributed by atoms with Crippen LogP contribution >= 0.6 is 0 Å². The lowest BCUT2D eigenvalue weighted by atomic mass is 9.96. The minimum atomic E-state index is -0.720. The maximum absolute atomic E-state index is 12.6. The first-order valence-electron chi connectivity index (χ1n) is 7.80. The molecule has 0 radical (unpaired) electrons. The monoisotopic (exact) mass is 337 g/mol. The van der Waals surface area contributed by atoms with Crippen LogP contribution in [0.25, 0.3) is 0 Å². The first kappa shape index (κ1) is 15.3. The second-order valence-corrected chi connectivity index (χ2v) is 5.84. The summed E-state index contributed by atoms with van der Waals surface area (Å²) in [6.45, 7) is 1.47. The Balaban J connectivity index is 1.87. The van der Waals surface area contributed by atoms with Crippen LogP contribution in [0.4, 0.5) is 5.69 Å². The van der Waals surface area contributed by atoms with E-state index in [9.17, 15) is 14.7 Å². The summed E-state index contributed by atoms with van der Waals surface area (Å²) in [6.07, 6.45) is 0. The van der Waals surface area contributed by atoms with E-state index in [0.29, 0.717) is 22.7 Å².